The average molecular weight is 465 g/mol. The summed E-state index contributed by atoms with van der Waals surface area (Å²) in [4.78, 5) is 0. The molecule has 0 heterocycles. The molecule has 0 fully saturated rings. The van der Waals surface area contributed by atoms with E-state index in [1.165, 1.54) is 0 Å². The third kappa shape index (κ3) is 8.24. The Morgan fingerprint density at radius 2 is 1.46 bits per heavy atom. The van der Waals surface area contributed by atoms with Crippen molar-refractivity contribution in [3.63, 3.8) is 0 Å². The van der Waals surface area contributed by atoms with Gasteiger partial charge in [0.1, 0.15) is 0 Å². The largest absolute Gasteiger partial charge is 0.504 e. The monoisotopic (exact) mass is 464 g/mol. The quantitative estimate of drug-likeness (QED) is 0.243. The second-order valence-electron chi connectivity index (χ2n) is 7.60. The van der Waals surface area contributed by atoms with Gasteiger partial charge in [-0.1, -0.05) is 92.1 Å². The number of rotatable bonds is 12. The lowest BCUT2D eigenvalue weighted by Crippen LogP contribution is -2.06. The Hall–Kier alpha value is -4.24. The molecule has 0 saturated heterocycles. The van der Waals surface area contributed by atoms with Gasteiger partial charge in [-0.3, -0.25) is 0 Å². The average Bonchev–Trinajstić information content (AvgIpc) is 2.88. The molecule has 180 valence electrons. The van der Waals surface area contributed by atoms with Gasteiger partial charge < -0.3 is 15.4 Å². The van der Waals surface area contributed by atoms with Crippen LogP contribution in [-0.4, -0.2) is 7.11 Å². The fourth-order valence-electron chi connectivity index (χ4n) is 3.45. The molecule has 0 aliphatic heterocycles. The highest BCUT2D eigenvalue weighted by Gasteiger charge is 2.08. The molecule has 0 unspecified atom stereocenters. The number of nitrogens with one attached hydrogen (secondary N) is 2. The van der Waals surface area contributed by atoms with Gasteiger partial charge in [-0.05, 0) is 67.3 Å². The highest BCUT2D eigenvalue weighted by atomic mass is 16.5. The Bertz CT molecular complexity index is 1170. The van der Waals surface area contributed by atoms with Crippen molar-refractivity contribution in [1.82, 2.24) is 0 Å². The minimum atomic E-state index is 0.820. The van der Waals surface area contributed by atoms with Gasteiger partial charge in [-0.15, -0.1) is 0 Å². The lowest BCUT2D eigenvalue weighted by Gasteiger charge is -2.18. The first-order chi connectivity index (χ1) is 17.1. The topological polar surface area (TPSA) is 33.3 Å². The van der Waals surface area contributed by atoms with Crippen molar-refractivity contribution >= 4 is 22.6 Å². The van der Waals surface area contributed by atoms with Gasteiger partial charge in [0.15, 0.2) is 0 Å². The number of para-hydroxylation sites is 2. The van der Waals surface area contributed by atoms with Gasteiger partial charge in [0, 0.05) is 11.4 Å². The van der Waals surface area contributed by atoms with Gasteiger partial charge >= 0.3 is 0 Å². The van der Waals surface area contributed by atoms with Crippen LogP contribution in [0.3, 0.4) is 0 Å². The molecule has 0 amide bonds. The standard InChI is InChI=1S/C32H36N2O/c1-7-14-27(15-8-2)28-22-20-26(21-23-28)25(5)33-31-18-11-12-19-32(31)34-30(10-4)29(16-9-3)17-13-24-35-6/h7-24,33-34H,1,5H2,2-4,6H3/b15-8-,16-9-,24-13+,27-14+,29-17+,30-10+. The Balaban J connectivity index is 2.26. The number of ether oxygens (including phenoxy) is 1. The molecule has 3 heteroatoms. The van der Waals surface area contributed by atoms with E-state index < -0.39 is 0 Å². The van der Waals surface area contributed by atoms with E-state index in [1.54, 1.807) is 19.4 Å². The van der Waals surface area contributed by atoms with Crippen LogP contribution >= 0.6 is 0 Å². The summed E-state index contributed by atoms with van der Waals surface area (Å²) in [6.45, 7) is 14.1. The summed E-state index contributed by atoms with van der Waals surface area (Å²) in [5, 5.41) is 7.03. The molecular formula is C32H36N2O. The molecule has 0 atom stereocenters. The molecule has 0 radical (unpaired) electrons. The molecule has 3 nitrogen and oxygen atoms in total. The van der Waals surface area contributed by atoms with Crippen molar-refractivity contribution in [2.75, 3.05) is 17.7 Å². The first-order valence-corrected chi connectivity index (χ1v) is 11.6. The maximum Gasteiger partial charge on any atom is 0.0824 e. The molecule has 0 aromatic heterocycles. The van der Waals surface area contributed by atoms with Crippen LogP contribution in [-0.2, 0) is 4.74 Å². The molecule has 0 saturated carbocycles. The molecule has 2 rings (SSSR count). The second kappa shape index (κ2) is 14.8. The Morgan fingerprint density at radius 1 is 0.829 bits per heavy atom. The number of hydrogen-bond acceptors (Lipinski definition) is 3. The Morgan fingerprint density at radius 3 is 2.03 bits per heavy atom. The summed E-state index contributed by atoms with van der Waals surface area (Å²) in [5.41, 5.74) is 8.00. The molecule has 0 aliphatic rings. The molecule has 0 bridgehead atoms. The maximum atomic E-state index is 5.03. The van der Waals surface area contributed by atoms with Crippen molar-refractivity contribution in [1.29, 1.82) is 0 Å². The summed E-state index contributed by atoms with van der Waals surface area (Å²) in [6.07, 6.45) is 19.6. The zero-order chi connectivity index (χ0) is 25.5. The first-order valence-electron chi connectivity index (χ1n) is 11.6. The van der Waals surface area contributed by atoms with E-state index in [1.807, 2.05) is 75.4 Å². The van der Waals surface area contributed by atoms with Crippen molar-refractivity contribution in [3.8, 4) is 0 Å². The predicted octanol–water partition coefficient (Wildman–Crippen LogP) is 8.89. The zero-order valence-electron chi connectivity index (χ0n) is 21.2. The van der Waals surface area contributed by atoms with Crippen LogP contribution in [0.15, 0.2) is 134 Å². The third-order valence-electron chi connectivity index (χ3n) is 5.13. The van der Waals surface area contributed by atoms with E-state index in [4.69, 9.17) is 4.74 Å². The van der Waals surface area contributed by atoms with E-state index in [0.29, 0.717) is 0 Å². The summed E-state index contributed by atoms with van der Waals surface area (Å²) in [6, 6.07) is 16.5. The van der Waals surface area contributed by atoms with E-state index in [-0.39, 0.29) is 0 Å². The van der Waals surface area contributed by atoms with Gasteiger partial charge in [0.05, 0.1) is 24.7 Å². The fourth-order valence-corrected chi connectivity index (χ4v) is 3.45. The van der Waals surface area contributed by atoms with Crippen molar-refractivity contribution in [3.05, 3.63) is 145 Å². The summed E-state index contributed by atoms with van der Waals surface area (Å²) in [7, 11) is 1.63. The number of allylic oxidation sites excluding steroid dienone is 10. The Labute approximate surface area is 210 Å². The predicted molar refractivity (Wildman–Crippen MR) is 155 cm³/mol. The minimum absolute atomic E-state index is 0.820. The lowest BCUT2D eigenvalue weighted by molar-refractivity contribution is 0.338. The Kier molecular flexibility index (Phi) is 11.4. The van der Waals surface area contributed by atoms with E-state index in [0.717, 1.165) is 45.0 Å². The van der Waals surface area contributed by atoms with E-state index >= 15 is 0 Å². The third-order valence-corrected chi connectivity index (χ3v) is 5.13. The van der Waals surface area contributed by atoms with Crippen LogP contribution in [0, 0.1) is 0 Å². The highest BCUT2D eigenvalue weighted by Crippen LogP contribution is 2.28. The normalized spacial score (nSPS) is 13.0. The van der Waals surface area contributed by atoms with Gasteiger partial charge in [0.2, 0.25) is 0 Å². The van der Waals surface area contributed by atoms with Gasteiger partial charge in [0.25, 0.3) is 0 Å². The van der Waals surface area contributed by atoms with Crippen molar-refractivity contribution in [2.45, 2.75) is 20.8 Å². The van der Waals surface area contributed by atoms with Crippen molar-refractivity contribution in [2.24, 2.45) is 0 Å². The van der Waals surface area contributed by atoms with Gasteiger partial charge in [-0.25, -0.2) is 0 Å². The lowest BCUT2D eigenvalue weighted by atomic mass is 10.0. The molecule has 0 aliphatic carbocycles. The van der Waals surface area contributed by atoms with Crippen LogP contribution in [0.5, 0.6) is 0 Å². The molecule has 0 spiro atoms. The number of benzene rings is 2. The van der Waals surface area contributed by atoms with Crippen LogP contribution in [0.4, 0.5) is 11.4 Å². The minimum Gasteiger partial charge on any atom is -0.504 e. The molecule has 2 aromatic rings. The van der Waals surface area contributed by atoms with Crippen LogP contribution in [0.1, 0.15) is 31.9 Å². The smallest absolute Gasteiger partial charge is 0.0824 e. The summed E-state index contributed by atoms with van der Waals surface area (Å²) in [5.74, 6) is 0. The molecule has 2 N–H and O–H groups in total. The zero-order valence-corrected chi connectivity index (χ0v) is 21.2. The fraction of sp³-hybridized carbons (Fsp3) is 0.125. The van der Waals surface area contributed by atoms with Gasteiger partial charge in [-0.2, -0.15) is 0 Å². The van der Waals surface area contributed by atoms with Crippen LogP contribution in [0.2, 0.25) is 0 Å². The number of methoxy groups -OCH3 is 1. The van der Waals surface area contributed by atoms with E-state index in [9.17, 15) is 0 Å². The second-order valence-corrected chi connectivity index (χ2v) is 7.60. The SMILES string of the molecule is C=C/C=C(\C=C/C)c1ccc(C(=C)Nc2ccccc2NC(=C/C)/C(/C=C\C)=C/C=C/OC)cc1. The first kappa shape index (κ1) is 27.0. The van der Waals surface area contributed by atoms with E-state index in [2.05, 4.69) is 66.3 Å². The molecule has 35 heavy (non-hydrogen) atoms. The maximum absolute atomic E-state index is 5.03. The number of hydrogen-bond donors (Lipinski definition) is 2. The highest BCUT2D eigenvalue weighted by molar-refractivity contribution is 5.84. The summed E-state index contributed by atoms with van der Waals surface area (Å²) >= 11 is 0. The molecule has 2 aromatic carbocycles. The van der Waals surface area contributed by atoms with Crippen LogP contribution < -0.4 is 10.6 Å². The number of anilines is 2. The summed E-state index contributed by atoms with van der Waals surface area (Å²) < 4.78 is 5.03. The molecular weight excluding hydrogens is 428 g/mol. The van der Waals surface area contributed by atoms with Crippen LogP contribution in [0.25, 0.3) is 11.3 Å². The van der Waals surface area contributed by atoms with Crippen molar-refractivity contribution < 1.29 is 4.74 Å².